The Morgan fingerprint density at radius 2 is 1.73 bits per heavy atom. The van der Waals surface area contributed by atoms with Crippen molar-refractivity contribution >= 4 is 5.78 Å². The van der Waals surface area contributed by atoms with Crippen molar-refractivity contribution in [2.75, 3.05) is 6.54 Å². The van der Waals surface area contributed by atoms with Crippen LogP contribution in [0.4, 0.5) is 0 Å². The van der Waals surface area contributed by atoms with Crippen molar-refractivity contribution in [3.63, 3.8) is 0 Å². The molecule has 0 aromatic heterocycles. The Morgan fingerprint density at radius 1 is 1.09 bits per heavy atom. The molecule has 0 aliphatic rings. The topological polar surface area (TPSA) is 49.3 Å². The van der Waals surface area contributed by atoms with Crippen LogP contribution in [0.5, 0.6) is 0 Å². The van der Waals surface area contributed by atoms with Crippen LogP contribution >= 0.6 is 0 Å². The van der Waals surface area contributed by atoms with Crippen molar-refractivity contribution in [3.8, 4) is 0 Å². The van der Waals surface area contributed by atoms with E-state index in [-0.39, 0.29) is 11.8 Å². The lowest BCUT2D eigenvalue weighted by molar-refractivity contribution is 0.0972. The third-order valence-electron chi connectivity index (χ3n) is 3.81. The normalized spacial score (nSPS) is 13.6. The number of aryl methyl sites for hydroxylation is 1. The first-order valence-corrected chi connectivity index (χ1v) is 7.64. The Morgan fingerprint density at radius 3 is 2.36 bits per heavy atom. The first-order valence-electron chi connectivity index (χ1n) is 7.64. The number of hydrogen-bond acceptors (Lipinski definition) is 3. The van der Waals surface area contributed by atoms with Crippen molar-refractivity contribution in [1.82, 2.24) is 5.32 Å². The highest BCUT2D eigenvalue weighted by Crippen LogP contribution is 2.16. The highest BCUT2D eigenvalue weighted by molar-refractivity contribution is 5.96. The van der Waals surface area contributed by atoms with Crippen LogP contribution in [0.15, 0.2) is 54.6 Å². The van der Waals surface area contributed by atoms with Gasteiger partial charge in [0.25, 0.3) is 0 Å². The lowest BCUT2D eigenvalue weighted by Crippen LogP contribution is -2.33. The highest BCUT2D eigenvalue weighted by atomic mass is 16.3. The second-order valence-electron chi connectivity index (χ2n) is 5.64. The molecule has 0 saturated carbocycles. The Balaban J connectivity index is 1.80. The van der Waals surface area contributed by atoms with Crippen LogP contribution in [0.2, 0.25) is 0 Å². The molecule has 0 aliphatic carbocycles. The van der Waals surface area contributed by atoms with E-state index in [1.165, 1.54) is 0 Å². The number of aliphatic hydroxyl groups is 1. The molecule has 0 saturated heterocycles. The number of carbonyl (C=O) groups is 1. The molecule has 2 atom stereocenters. The van der Waals surface area contributed by atoms with Gasteiger partial charge in [-0.25, -0.2) is 0 Å². The average molecular weight is 297 g/mol. The van der Waals surface area contributed by atoms with Gasteiger partial charge in [0.15, 0.2) is 5.78 Å². The van der Waals surface area contributed by atoms with E-state index in [0.717, 1.165) is 16.7 Å². The molecule has 0 unspecified atom stereocenters. The predicted octanol–water partition coefficient (Wildman–Crippen LogP) is 3.28. The Hall–Kier alpha value is -1.97. The fourth-order valence-corrected chi connectivity index (χ4v) is 2.35. The lowest BCUT2D eigenvalue weighted by Gasteiger charge is -2.20. The average Bonchev–Trinajstić information content (AvgIpc) is 2.55. The molecule has 2 N–H and O–H groups in total. The molecule has 0 radical (unpaired) electrons. The van der Waals surface area contributed by atoms with Crippen molar-refractivity contribution in [1.29, 1.82) is 0 Å². The van der Waals surface area contributed by atoms with Crippen LogP contribution < -0.4 is 5.32 Å². The summed E-state index contributed by atoms with van der Waals surface area (Å²) in [6, 6.07) is 17.1. The van der Waals surface area contributed by atoms with Crippen LogP contribution in [-0.2, 0) is 0 Å². The lowest BCUT2D eigenvalue weighted by atomic mass is 10.0. The van der Waals surface area contributed by atoms with E-state index >= 15 is 0 Å². The fourth-order valence-electron chi connectivity index (χ4n) is 2.35. The van der Waals surface area contributed by atoms with Gasteiger partial charge in [-0.3, -0.25) is 4.79 Å². The van der Waals surface area contributed by atoms with E-state index in [1.54, 1.807) is 0 Å². The molecule has 0 aliphatic heterocycles. The summed E-state index contributed by atoms with van der Waals surface area (Å²) in [7, 11) is 0. The molecule has 2 aromatic rings. The number of aliphatic hydroxyl groups excluding tert-OH is 1. The van der Waals surface area contributed by atoms with Gasteiger partial charge < -0.3 is 10.4 Å². The van der Waals surface area contributed by atoms with Crippen molar-refractivity contribution in [2.24, 2.45) is 0 Å². The van der Waals surface area contributed by atoms with E-state index < -0.39 is 6.10 Å². The number of hydrogen-bond donors (Lipinski definition) is 2. The molecule has 22 heavy (non-hydrogen) atoms. The molecule has 2 aromatic carbocycles. The number of ketones is 1. The Bertz CT molecular complexity index is 593. The van der Waals surface area contributed by atoms with E-state index in [9.17, 15) is 9.90 Å². The minimum absolute atomic E-state index is 0.104. The summed E-state index contributed by atoms with van der Waals surface area (Å²) in [4.78, 5) is 12.1. The maximum atomic E-state index is 12.1. The van der Waals surface area contributed by atoms with Crippen molar-refractivity contribution < 1.29 is 9.90 Å². The van der Waals surface area contributed by atoms with Gasteiger partial charge in [0, 0.05) is 24.6 Å². The van der Waals surface area contributed by atoms with Crippen molar-refractivity contribution in [3.05, 3.63) is 71.3 Å². The first kappa shape index (κ1) is 16.4. The summed E-state index contributed by atoms with van der Waals surface area (Å²) < 4.78 is 0. The number of benzene rings is 2. The highest BCUT2D eigenvalue weighted by Gasteiger charge is 2.15. The summed E-state index contributed by atoms with van der Waals surface area (Å²) in [6.45, 7) is 4.48. The third-order valence-corrected chi connectivity index (χ3v) is 3.81. The summed E-state index contributed by atoms with van der Waals surface area (Å²) in [5.41, 5.74) is 2.77. The van der Waals surface area contributed by atoms with E-state index in [4.69, 9.17) is 0 Å². The zero-order valence-corrected chi connectivity index (χ0v) is 13.1. The Labute approximate surface area is 132 Å². The smallest absolute Gasteiger partial charge is 0.164 e. The van der Waals surface area contributed by atoms with Gasteiger partial charge >= 0.3 is 0 Å². The second-order valence-corrected chi connectivity index (χ2v) is 5.64. The fraction of sp³-hybridized carbons (Fsp3) is 0.316. The molecule has 3 nitrogen and oxygen atoms in total. The molecule has 116 valence electrons. The van der Waals surface area contributed by atoms with Gasteiger partial charge in [-0.2, -0.15) is 0 Å². The second kappa shape index (κ2) is 7.87. The SMILES string of the molecule is Cc1ccc(C(=O)CCN[C@@H](C)[C@H](O)c2ccccc2)cc1. The summed E-state index contributed by atoms with van der Waals surface area (Å²) in [5.74, 6) is 0.119. The first-order chi connectivity index (χ1) is 10.6. The monoisotopic (exact) mass is 297 g/mol. The molecule has 3 heteroatoms. The van der Waals surface area contributed by atoms with Crippen LogP contribution in [-0.4, -0.2) is 23.5 Å². The number of Topliss-reactive ketones (excluding diaryl/α,β-unsaturated/α-hetero) is 1. The quantitative estimate of drug-likeness (QED) is 0.771. The minimum Gasteiger partial charge on any atom is -0.387 e. The van der Waals surface area contributed by atoms with E-state index in [1.807, 2.05) is 68.4 Å². The molecule has 0 amide bonds. The van der Waals surface area contributed by atoms with Gasteiger partial charge in [0.1, 0.15) is 0 Å². The van der Waals surface area contributed by atoms with E-state index in [2.05, 4.69) is 5.32 Å². The van der Waals surface area contributed by atoms with Gasteiger partial charge in [-0.05, 0) is 19.4 Å². The maximum Gasteiger partial charge on any atom is 0.164 e. The molecular weight excluding hydrogens is 274 g/mol. The molecule has 2 rings (SSSR count). The summed E-state index contributed by atoms with van der Waals surface area (Å²) >= 11 is 0. The van der Waals surface area contributed by atoms with Crippen LogP contribution in [0.25, 0.3) is 0 Å². The van der Waals surface area contributed by atoms with Gasteiger partial charge in [-0.1, -0.05) is 60.2 Å². The molecule has 0 bridgehead atoms. The summed E-state index contributed by atoms with van der Waals surface area (Å²) in [6.07, 6.45) is -0.148. The van der Waals surface area contributed by atoms with Crippen LogP contribution in [0.1, 0.15) is 40.9 Å². The molecular formula is C19H23NO2. The van der Waals surface area contributed by atoms with Gasteiger partial charge in [-0.15, -0.1) is 0 Å². The van der Waals surface area contributed by atoms with E-state index in [0.29, 0.717) is 13.0 Å². The predicted molar refractivity (Wildman–Crippen MR) is 89.0 cm³/mol. The summed E-state index contributed by atoms with van der Waals surface area (Å²) in [5, 5.41) is 13.5. The Kier molecular flexibility index (Phi) is 5.87. The minimum atomic E-state index is -0.573. The number of rotatable bonds is 7. The number of carbonyl (C=O) groups excluding carboxylic acids is 1. The molecule has 0 spiro atoms. The van der Waals surface area contributed by atoms with Gasteiger partial charge in [0.2, 0.25) is 0 Å². The van der Waals surface area contributed by atoms with Crippen molar-refractivity contribution in [2.45, 2.75) is 32.4 Å². The number of nitrogens with one attached hydrogen (secondary N) is 1. The zero-order chi connectivity index (χ0) is 15.9. The van der Waals surface area contributed by atoms with Crippen LogP contribution in [0.3, 0.4) is 0 Å². The maximum absolute atomic E-state index is 12.1. The van der Waals surface area contributed by atoms with Crippen LogP contribution in [0, 0.1) is 6.92 Å². The zero-order valence-electron chi connectivity index (χ0n) is 13.1. The van der Waals surface area contributed by atoms with Gasteiger partial charge in [0.05, 0.1) is 6.10 Å². The molecule has 0 heterocycles. The standard InChI is InChI=1S/C19H23NO2/c1-14-8-10-16(11-9-14)18(21)12-13-20-15(2)19(22)17-6-4-3-5-7-17/h3-11,15,19-20,22H,12-13H2,1-2H3/t15-,19-/m0/s1. The largest absolute Gasteiger partial charge is 0.387 e. The third kappa shape index (κ3) is 4.52. The molecule has 0 fully saturated rings.